The van der Waals surface area contributed by atoms with Gasteiger partial charge >= 0.3 is 17.9 Å². The molecule has 1 saturated heterocycles. The molecule has 1 rings (SSSR count). The fourth-order valence-corrected chi connectivity index (χ4v) is 2.12. The van der Waals surface area contributed by atoms with E-state index in [1.165, 1.54) is 27.9 Å². The first-order valence-electron chi connectivity index (χ1n) is 6.47. The number of hydrogen-bond acceptors (Lipinski definition) is 8. The van der Waals surface area contributed by atoms with Crippen LogP contribution >= 0.6 is 0 Å². The third-order valence-electron chi connectivity index (χ3n) is 2.78. The standard InChI is InChI=1S/C13H20O8/c1-7(14)19-11-6-18-10(5-17-4)12(20-8(2)15)13(11)21-9(3)16/h10-13H,5-6H2,1-4H3/t10-,11+,12+,13+/m0/s1. The number of carbonyl (C=O) groups is 3. The monoisotopic (exact) mass is 304 g/mol. The molecular formula is C13H20O8. The van der Waals surface area contributed by atoms with Gasteiger partial charge in [-0.3, -0.25) is 14.4 Å². The molecule has 1 fully saturated rings. The first kappa shape index (κ1) is 17.4. The minimum atomic E-state index is -0.941. The Hall–Kier alpha value is -1.67. The molecular weight excluding hydrogens is 284 g/mol. The van der Waals surface area contributed by atoms with Gasteiger partial charge in [0.05, 0.1) is 13.2 Å². The number of carbonyl (C=O) groups excluding carboxylic acids is 3. The van der Waals surface area contributed by atoms with Gasteiger partial charge in [-0.05, 0) is 0 Å². The largest absolute Gasteiger partial charge is 0.456 e. The van der Waals surface area contributed by atoms with Crippen LogP contribution in [0.1, 0.15) is 20.8 Å². The van der Waals surface area contributed by atoms with Gasteiger partial charge in [-0.2, -0.15) is 0 Å². The maximum Gasteiger partial charge on any atom is 0.303 e. The lowest BCUT2D eigenvalue weighted by Gasteiger charge is -2.40. The molecule has 0 aromatic heterocycles. The summed E-state index contributed by atoms with van der Waals surface area (Å²) in [5.74, 6) is -1.69. The molecule has 120 valence electrons. The second kappa shape index (κ2) is 7.94. The zero-order valence-electron chi connectivity index (χ0n) is 12.5. The van der Waals surface area contributed by atoms with Crippen LogP contribution in [0.2, 0.25) is 0 Å². The van der Waals surface area contributed by atoms with Crippen LogP contribution in [0.3, 0.4) is 0 Å². The maximum atomic E-state index is 11.3. The summed E-state index contributed by atoms with van der Waals surface area (Å²) in [4.78, 5) is 33.6. The number of esters is 3. The highest BCUT2D eigenvalue weighted by atomic mass is 16.6. The fraction of sp³-hybridized carbons (Fsp3) is 0.769. The van der Waals surface area contributed by atoms with E-state index >= 15 is 0 Å². The Morgan fingerprint density at radius 1 is 0.952 bits per heavy atom. The van der Waals surface area contributed by atoms with Crippen molar-refractivity contribution in [2.24, 2.45) is 0 Å². The third-order valence-corrected chi connectivity index (χ3v) is 2.78. The summed E-state index contributed by atoms with van der Waals surface area (Å²) in [7, 11) is 1.47. The van der Waals surface area contributed by atoms with Gasteiger partial charge in [0, 0.05) is 27.9 Å². The molecule has 0 N–H and O–H groups in total. The molecule has 8 nitrogen and oxygen atoms in total. The number of ether oxygens (including phenoxy) is 5. The number of rotatable bonds is 5. The van der Waals surface area contributed by atoms with E-state index in [0.717, 1.165) is 0 Å². The van der Waals surface area contributed by atoms with Crippen molar-refractivity contribution in [2.75, 3.05) is 20.3 Å². The van der Waals surface area contributed by atoms with Crippen molar-refractivity contribution in [2.45, 2.75) is 45.2 Å². The predicted octanol–water partition coefficient (Wildman–Crippen LogP) is -0.173. The Bertz CT molecular complexity index is 394. The third kappa shape index (κ3) is 5.31. The topological polar surface area (TPSA) is 97.4 Å². The Balaban J connectivity index is 2.97. The fourth-order valence-electron chi connectivity index (χ4n) is 2.12. The molecule has 8 heteroatoms. The Morgan fingerprint density at radius 2 is 1.48 bits per heavy atom. The van der Waals surface area contributed by atoms with E-state index in [1.807, 2.05) is 0 Å². The van der Waals surface area contributed by atoms with Gasteiger partial charge < -0.3 is 23.7 Å². The highest BCUT2D eigenvalue weighted by Gasteiger charge is 2.46. The summed E-state index contributed by atoms with van der Waals surface area (Å²) in [6.07, 6.45) is -3.31. The van der Waals surface area contributed by atoms with Crippen LogP contribution in [0.25, 0.3) is 0 Å². The van der Waals surface area contributed by atoms with Crippen molar-refractivity contribution in [3.8, 4) is 0 Å². The highest BCUT2D eigenvalue weighted by molar-refractivity contribution is 5.68. The van der Waals surface area contributed by atoms with E-state index in [2.05, 4.69) is 0 Å². The lowest BCUT2D eigenvalue weighted by Crippen LogP contribution is -2.58. The van der Waals surface area contributed by atoms with E-state index < -0.39 is 42.3 Å². The van der Waals surface area contributed by atoms with Gasteiger partial charge in [-0.25, -0.2) is 0 Å². The first-order chi connectivity index (χ1) is 9.85. The maximum absolute atomic E-state index is 11.3. The molecule has 0 bridgehead atoms. The molecule has 1 heterocycles. The molecule has 4 atom stereocenters. The van der Waals surface area contributed by atoms with Gasteiger partial charge in [0.2, 0.25) is 0 Å². The molecule has 0 amide bonds. The van der Waals surface area contributed by atoms with Crippen LogP contribution in [-0.2, 0) is 38.1 Å². The Morgan fingerprint density at radius 3 is 1.95 bits per heavy atom. The molecule has 0 aliphatic carbocycles. The molecule has 21 heavy (non-hydrogen) atoms. The minimum absolute atomic E-state index is 0.0172. The van der Waals surface area contributed by atoms with Crippen LogP contribution in [0, 0.1) is 0 Å². The zero-order chi connectivity index (χ0) is 16.0. The SMILES string of the molecule is COC[C@@H]1OC[C@@H](OC(C)=O)[C@@H](OC(C)=O)[C@@H]1OC(C)=O. The van der Waals surface area contributed by atoms with E-state index in [1.54, 1.807) is 0 Å². The normalized spacial score (nSPS) is 28.6. The van der Waals surface area contributed by atoms with E-state index in [9.17, 15) is 14.4 Å². The van der Waals surface area contributed by atoms with Crippen molar-refractivity contribution in [1.29, 1.82) is 0 Å². The second-order valence-electron chi connectivity index (χ2n) is 4.62. The summed E-state index contributed by atoms with van der Waals surface area (Å²) < 4.78 is 25.9. The molecule has 0 unspecified atom stereocenters. The number of hydrogen-bond donors (Lipinski definition) is 0. The van der Waals surface area contributed by atoms with Gasteiger partial charge in [0.25, 0.3) is 0 Å². The smallest absolute Gasteiger partial charge is 0.303 e. The van der Waals surface area contributed by atoms with E-state index in [4.69, 9.17) is 23.7 Å². The van der Waals surface area contributed by atoms with Gasteiger partial charge in [-0.1, -0.05) is 0 Å². The highest BCUT2D eigenvalue weighted by Crippen LogP contribution is 2.24. The first-order valence-corrected chi connectivity index (χ1v) is 6.47. The van der Waals surface area contributed by atoms with E-state index in [-0.39, 0.29) is 13.2 Å². The summed E-state index contributed by atoms with van der Waals surface area (Å²) in [5.41, 5.74) is 0. The van der Waals surface area contributed by atoms with Gasteiger partial charge in [-0.15, -0.1) is 0 Å². The van der Waals surface area contributed by atoms with Crippen molar-refractivity contribution >= 4 is 17.9 Å². The van der Waals surface area contributed by atoms with Crippen LogP contribution < -0.4 is 0 Å². The summed E-state index contributed by atoms with van der Waals surface area (Å²) in [6, 6.07) is 0. The predicted molar refractivity (Wildman–Crippen MR) is 68.3 cm³/mol. The summed E-state index contributed by atoms with van der Waals surface area (Å²) in [6.45, 7) is 3.83. The Labute approximate surface area is 122 Å². The Kier molecular flexibility index (Phi) is 6.57. The molecule has 1 aliphatic rings. The molecule has 0 spiro atoms. The summed E-state index contributed by atoms with van der Waals surface area (Å²) >= 11 is 0. The summed E-state index contributed by atoms with van der Waals surface area (Å²) in [5, 5.41) is 0. The molecule has 0 radical (unpaired) electrons. The number of methoxy groups -OCH3 is 1. The van der Waals surface area contributed by atoms with E-state index in [0.29, 0.717) is 0 Å². The molecule has 1 aliphatic heterocycles. The quantitative estimate of drug-likeness (QED) is 0.510. The molecule has 0 aromatic carbocycles. The lowest BCUT2D eigenvalue weighted by molar-refractivity contribution is -0.230. The van der Waals surface area contributed by atoms with Crippen molar-refractivity contribution in [1.82, 2.24) is 0 Å². The van der Waals surface area contributed by atoms with Crippen LogP contribution in [-0.4, -0.2) is 62.6 Å². The lowest BCUT2D eigenvalue weighted by atomic mass is 9.99. The second-order valence-corrected chi connectivity index (χ2v) is 4.62. The van der Waals surface area contributed by atoms with Crippen LogP contribution in [0.5, 0.6) is 0 Å². The minimum Gasteiger partial charge on any atom is -0.456 e. The van der Waals surface area contributed by atoms with Crippen molar-refractivity contribution < 1.29 is 38.1 Å². The molecule has 0 saturated carbocycles. The van der Waals surface area contributed by atoms with Crippen molar-refractivity contribution in [3.63, 3.8) is 0 Å². The van der Waals surface area contributed by atoms with Crippen molar-refractivity contribution in [3.05, 3.63) is 0 Å². The zero-order valence-corrected chi connectivity index (χ0v) is 12.5. The van der Waals surface area contributed by atoms with Gasteiger partial charge in [0.1, 0.15) is 6.10 Å². The van der Waals surface area contributed by atoms with Gasteiger partial charge in [0.15, 0.2) is 18.3 Å². The van der Waals surface area contributed by atoms with Crippen LogP contribution in [0.4, 0.5) is 0 Å². The average Bonchev–Trinajstić information content (AvgIpc) is 2.35. The molecule has 0 aromatic rings. The average molecular weight is 304 g/mol. The van der Waals surface area contributed by atoms with Crippen LogP contribution in [0.15, 0.2) is 0 Å².